The van der Waals surface area contributed by atoms with Crippen molar-refractivity contribution in [3.63, 3.8) is 0 Å². The summed E-state index contributed by atoms with van der Waals surface area (Å²) in [5.74, 6) is -2.25. The average Bonchev–Trinajstić information content (AvgIpc) is 2.46. The quantitative estimate of drug-likeness (QED) is 0.578. The van der Waals surface area contributed by atoms with Crippen molar-refractivity contribution < 1.29 is 24.6 Å². The number of hydrogen-bond acceptors (Lipinski definition) is 3. The summed E-state index contributed by atoms with van der Waals surface area (Å²) in [5.41, 5.74) is 0.761. The van der Waals surface area contributed by atoms with Gasteiger partial charge in [-0.1, -0.05) is 44.2 Å². The number of benzene rings is 1. The van der Waals surface area contributed by atoms with Gasteiger partial charge in [-0.25, -0.2) is 14.4 Å². The average molecular weight is 322 g/mol. The third-order valence-electron chi connectivity index (χ3n) is 3.20. The van der Waals surface area contributed by atoms with Crippen LogP contribution >= 0.6 is 0 Å². The van der Waals surface area contributed by atoms with Gasteiger partial charge in [0.05, 0.1) is 0 Å². The molecule has 0 fully saturated rings. The van der Waals surface area contributed by atoms with Crippen molar-refractivity contribution in [1.29, 1.82) is 0 Å². The highest BCUT2D eigenvalue weighted by Gasteiger charge is 2.25. The molecule has 1 aromatic carbocycles. The van der Waals surface area contributed by atoms with Crippen molar-refractivity contribution >= 4 is 18.0 Å². The monoisotopic (exact) mass is 322 g/mol. The normalized spacial score (nSPS) is 13.2. The van der Waals surface area contributed by atoms with E-state index in [9.17, 15) is 19.5 Å². The van der Waals surface area contributed by atoms with E-state index in [0.717, 1.165) is 5.56 Å². The maximum absolute atomic E-state index is 11.9. The second-order valence-corrected chi connectivity index (χ2v) is 5.72. The standard InChI is InChI=1S/C16H22N2O5/c1-10(2)8-12(14(19)20)17-16(23)18-13(15(21)22)9-11-6-4-3-5-7-11/h3-7,10,12-13H,8-9H2,1-2H3,(H,19,20)(H,21,22)(H2,17,18,23)/t12-,13?/m0/s1. The molecule has 0 aliphatic heterocycles. The maximum Gasteiger partial charge on any atom is 0.326 e. The zero-order chi connectivity index (χ0) is 17.4. The highest BCUT2D eigenvalue weighted by molar-refractivity contribution is 5.86. The smallest absolute Gasteiger partial charge is 0.326 e. The van der Waals surface area contributed by atoms with E-state index in [2.05, 4.69) is 10.6 Å². The van der Waals surface area contributed by atoms with Crippen LogP contribution in [-0.4, -0.2) is 40.3 Å². The lowest BCUT2D eigenvalue weighted by Crippen LogP contribution is -2.52. The van der Waals surface area contributed by atoms with Crippen LogP contribution in [0.4, 0.5) is 4.79 Å². The number of urea groups is 1. The molecule has 2 atom stereocenters. The molecule has 2 amide bonds. The summed E-state index contributed by atoms with van der Waals surface area (Å²) in [4.78, 5) is 34.3. The minimum Gasteiger partial charge on any atom is -0.480 e. The van der Waals surface area contributed by atoms with Crippen LogP contribution in [0, 0.1) is 5.92 Å². The molecule has 1 unspecified atom stereocenters. The maximum atomic E-state index is 11.9. The molecular weight excluding hydrogens is 300 g/mol. The summed E-state index contributed by atoms with van der Waals surface area (Å²) in [6.07, 6.45) is 0.380. The number of carboxylic acid groups (broad SMARTS) is 2. The minimum atomic E-state index is -1.18. The lowest BCUT2D eigenvalue weighted by atomic mass is 10.0. The van der Waals surface area contributed by atoms with E-state index in [-0.39, 0.29) is 18.8 Å². The largest absolute Gasteiger partial charge is 0.480 e. The lowest BCUT2D eigenvalue weighted by molar-refractivity contribution is -0.139. The van der Waals surface area contributed by atoms with Crippen LogP contribution in [0.25, 0.3) is 0 Å². The van der Waals surface area contributed by atoms with Gasteiger partial charge < -0.3 is 20.8 Å². The topological polar surface area (TPSA) is 116 Å². The molecule has 126 valence electrons. The van der Waals surface area contributed by atoms with Crippen LogP contribution in [0.1, 0.15) is 25.8 Å². The van der Waals surface area contributed by atoms with Gasteiger partial charge in [-0.2, -0.15) is 0 Å². The summed E-state index contributed by atoms with van der Waals surface area (Å²) in [6, 6.07) is 5.88. The first-order valence-corrected chi connectivity index (χ1v) is 7.36. The Hall–Kier alpha value is -2.57. The summed E-state index contributed by atoms with van der Waals surface area (Å²) >= 11 is 0. The fraction of sp³-hybridized carbons (Fsp3) is 0.438. The highest BCUT2D eigenvalue weighted by atomic mass is 16.4. The zero-order valence-electron chi connectivity index (χ0n) is 13.2. The highest BCUT2D eigenvalue weighted by Crippen LogP contribution is 2.06. The Bertz CT molecular complexity index is 545. The molecule has 23 heavy (non-hydrogen) atoms. The van der Waals surface area contributed by atoms with Crippen molar-refractivity contribution in [3.8, 4) is 0 Å². The van der Waals surface area contributed by atoms with Crippen LogP contribution in [0.15, 0.2) is 30.3 Å². The Labute approximate surface area is 134 Å². The number of aliphatic carboxylic acids is 2. The molecule has 0 spiro atoms. The molecular formula is C16H22N2O5. The second kappa shape index (κ2) is 8.77. The van der Waals surface area contributed by atoms with E-state index in [1.54, 1.807) is 24.3 Å². The van der Waals surface area contributed by atoms with Gasteiger partial charge >= 0.3 is 18.0 Å². The predicted molar refractivity (Wildman–Crippen MR) is 84.1 cm³/mol. The molecule has 4 N–H and O–H groups in total. The Balaban J connectivity index is 2.66. The Morgan fingerprint density at radius 1 is 0.957 bits per heavy atom. The van der Waals surface area contributed by atoms with E-state index in [1.165, 1.54) is 0 Å². The van der Waals surface area contributed by atoms with Gasteiger partial charge in [0, 0.05) is 6.42 Å². The van der Waals surface area contributed by atoms with Crippen molar-refractivity contribution in [2.45, 2.75) is 38.8 Å². The third-order valence-corrected chi connectivity index (χ3v) is 3.20. The second-order valence-electron chi connectivity index (χ2n) is 5.72. The predicted octanol–water partition coefficient (Wildman–Crippen LogP) is 1.48. The molecule has 0 bridgehead atoms. The third kappa shape index (κ3) is 6.82. The van der Waals surface area contributed by atoms with E-state index >= 15 is 0 Å². The van der Waals surface area contributed by atoms with Crippen molar-refractivity contribution in [2.24, 2.45) is 5.92 Å². The summed E-state index contributed by atoms with van der Waals surface area (Å²) in [6.45, 7) is 3.68. The van der Waals surface area contributed by atoms with Crippen LogP contribution in [0.2, 0.25) is 0 Å². The molecule has 0 radical (unpaired) electrons. The lowest BCUT2D eigenvalue weighted by Gasteiger charge is -2.19. The van der Waals surface area contributed by atoms with E-state index in [1.807, 2.05) is 19.9 Å². The van der Waals surface area contributed by atoms with Gasteiger partial charge in [-0.15, -0.1) is 0 Å². The van der Waals surface area contributed by atoms with Gasteiger partial charge in [-0.3, -0.25) is 0 Å². The number of amides is 2. The van der Waals surface area contributed by atoms with Gasteiger partial charge in [0.25, 0.3) is 0 Å². The fourth-order valence-electron chi connectivity index (χ4n) is 2.10. The Morgan fingerprint density at radius 2 is 1.48 bits per heavy atom. The minimum absolute atomic E-state index is 0.0796. The van der Waals surface area contributed by atoms with Gasteiger partial charge in [0.15, 0.2) is 0 Å². The van der Waals surface area contributed by atoms with Crippen LogP contribution < -0.4 is 10.6 Å². The molecule has 0 saturated carbocycles. The molecule has 0 heterocycles. The van der Waals surface area contributed by atoms with Gasteiger partial charge in [0.1, 0.15) is 12.1 Å². The van der Waals surface area contributed by atoms with E-state index in [0.29, 0.717) is 0 Å². The molecule has 1 aromatic rings. The van der Waals surface area contributed by atoms with Crippen molar-refractivity contribution in [2.75, 3.05) is 0 Å². The Kier molecular flexibility index (Phi) is 7.05. The van der Waals surface area contributed by atoms with Crippen LogP contribution in [0.3, 0.4) is 0 Å². The first kappa shape index (κ1) is 18.5. The first-order valence-electron chi connectivity index (χ1n) is 7.36. The SMILES string of the molecule is CC(C)C[C@H](NC(=O)NC(Cc1ccccc1)C(=O)O)C(=O)O. The molecule has 7 heteroatoms. The molecule has 0 saturated heterocycles. The van der Waals surface area contributed by atoms with Crippen LogP contribution in [-0.2, 0) is 16.0 Å². The van der Waals surface area contributed by atoms with Crippen molar-refractivity contribution in [3.05, 3.63) is 35.9 Å². The van der Waals surface area contributed by atoms with Crippen LogP contribution in [0.5, 0.6) is 0 Å². The number of carbonyl (C=O) groups excluding carboxylic acids is 1. The first-order chi connectivity index (χ1) is 10.8. The van der Waals surface area contributed by atoms with E-state index in [4.69, 9.17) is 5.11 Å². The van der Waals surface area contributed by atoms with Gasteiger partial charge in [-0.05, 0) is 17.9 Å². The van der Waals surface area contributed by atoms with Gasteiger partial charge in [0.2, 0.25) is 0 Å². The van der Waals surface area contributed by atoms with E-state index < -0.39 is 30.1 Å². The molecule has 0 aliphatic rings. The summed E-state index contributed by atoms with van der Waals surface area (Å²) < 4.78 is 0. The molecule has 0 aliphatic carbocycles. The molecule has 1 rings (SSSR count). The molecule has 0 aromatic heterocycles. The zero-order valence-corrected chi connectivity index (χ0v) is 13.2. The van der Waals surface area contributed by atoms with Crippen molar-refractivity contribution in [1.82, 2.24) is 10.6 Å². The number of hydrogen-bond donors (Lipinski definition) is 4. The molecule has 7 nitrogen and oxygen atoms in total. The summed E-state index contributed by atoms with van der Waals surface area (Å²) in [5, 5.41) is 22.9. The Morgan fingerprint density at radius 3 is 1.96 bits per heavy atom. The number of rotatable bonds is 8. The number of carbonyl (C=O) groups is 3. The number of carboxylic acids is 2. The fourth-order valence-corrected chi connectivity index (χ4v) is 2.10. The summed E-state index contributed by atoms with van der Waals surface area (Å²) in [7, 11) is 0. The number of nitrogens with one attached hydrogen (secondary N) is 2.